The molecule has 0 aromatic carbocycles. The lowest BCUT2D eigenvalue weighted by atomic mass is 10.0. The minimum atomic E-state index is -3.37. The summed E-state index contributed by atoms with van der Waals surface area (Å²) >= 11 is 0. The molecular weight excluding hydrogens is 262 g/mol. The Morgan fingerprint density at radius 2 is 1.58 bits per heavy atom. The Hall–Kier alpha value is -0.580. The summed E-state index contributed by atoms with van der Waals surface area (Å²) in [7, 11) is -3.37. The van der Waals surface area contributed by atoms with Crippen LogP contribution in [-0.2, 0) is 14.6 Å². The second-order valence-corrected chi connectivity index (χ2v) is 9.07. The van der Waals surface area contributed by atoms with Gasteiger partial charge >= 0.3 is 0 Å². The van der Waals surface area contributed by atoms with E-state index < -0.39 is 15.1 Å². The van der Waals surface area contributed by atoms with E-state index in [4.69, 9.17) is 0 Å². The molecular formula is C14H27NO3S. The first kappa shape index (κ1) is 16.5. The summed E-state index contributed by atoms with van der Waals surface area (Å²) in [5, 5.41) is -0.912. The van der Waals surface area contributed by atoms with Crippen molar-refractivity contribution >= 4 is 15.7 Å². The molecule has 1 amide bonds. The van der Waals surface area contributed by atoms with Gasteiger partial charge in [0.1, 0.15) is 5.25 Å². The Morgan fingerprint density at radius 1 is 1.11 bits per heavy atom. The maximum Gasteiger partial charge on any atom is 0.240 e. The predicted molar refractivity (Wildman–Crippen MR) is 77.8 cm³/mol. The molecule has 0 N–H and O–H groups in total. The number of nitrogens with zero attached hydrogens (tertiary/aromatic N) is 1. The molecule has 1 aliphatic heterocycles. The van der Waals surface area contributed by atoms with Crippen LogP contribution in [0.5, 0.6) is 0 Å². The topological polar surface area (TPSA) is 54.5 Å². The lowest BCUT2D eigenvalue weighted by Crippen LogP contribution is -2.44. The molecule has 1 fully saturated rings. The van der Waals surface area contributed by atoms with E-state index in [1.807, 2.05) is 20.8 Å². The van der Waals surface area contributed by atoms with Gasteiger partial charge in [-0.05, 0) is 25.2 Å². The van der Waals surface area contributed by atoms with Crippen molar-refractivity contribution in [3.05, 3.63) is 0 Å². The summed E-state index contributed by atoms with van der Waals surface area (Å²) in [4.78, 5) is 14.1. The van der Waals surface area contributed by atoms with E-state index in [9.17, 15) is 13.2 Å². The minimum Gasteiger partial charge on any atom is -0.342 e. The molecule has 0 aromatic rings. The summed E-state index contributed by atoms with van der Waals surface area (Å²) in [5.74, 6) is -0.160. The zero-order chi connectivity index (χ0) is 14.7. The van der Waals surface area contributed by atoms with Crippen molar-refractivity contribution in [1.82, 2.24) is 4.90 Å². The lowest BCUT2D eigenvalue weighted by molar-refractivity contribution is -0.130. The molecule has 112 valence electrons. The number of carbonyl (C=O) groups excluding carboxylic acids is 1. The molecule has 0 spiro atoms. The quantitative estimate of drug-likeness (QED) is 0.800. The normalized spacial score (nSPS) is 19.9. The standard InChI is InChI=1S/C14H27NO3S/c1-12(19(17,18)11-14(2,3)4)13(16)15-9-7-5-6-8-10-15/h12H,5-11H2,1-4H3. The number of likely N-dealkylation sites (tertiary alicyclic amines) is 1. The number of hydrogen-bond acceptors (Lipinski definition) is 3. The highest BCUT2D eigenvalue weighted by Crippen LogP contribution is 2.21. The summed E-state index contributed by atoms with van der Waals surface area (Å²) in [6.07, 6.45) is 4.23. The van der Waals surface area contributed by atoms with Gasteiger partial charge in [-0.25, -0.2) is 8.42 Å². The van der Waals surface area contributed by atoms with Crippen LogP contribution in [0.4, 0.5) is 0 Å². The van der Waals surface area contributed by atoms with Gasteiger partial charge in [0.25, 0.3) is 0 Å². The first-order valence-electron chi connectivity index (χ1n) is 7.14. The number of carbonyl (C=O) groups is 1. The van der Waals surface area contributed by atoms with Crippen LogP contribution in [0.3, 0.4) is 0 Å². The summed E-state index contributed by atoms with van der Waals surface area (Å²) in [5.41, 5.74) is -0.313. The van der Waals surface area contributed by atoms with Crippen LogP contribution in [0.2, 0.25) is 0 Å². The van der Waals surface area contributed by atoms with E-state index in [-0.39, 0.29) is 17.1 Å². The molecule has 1 atom stereocenters. The van der Waals surface area contributed by atoms with E-state index in [1.54, 1.807) is 4.90 Å². The third kappa shape index (κ3) is 5.13. The van der Waals surface area contributed by atoms with Gasteiger partial charge in [-0.15, -0.1) is 0 Å². The van der Waals surface area contributed by atoms with Gasteiger partial charge in [0, 0.05) is 13.1 Å². The Bertz CT molecular complexity index is 401. The Labute approximate surface area is 117 Å². The number of rotatable bonds is 3. The largest absolute Gasteiger partial charge is 0.342 e. The van der Waals surface area contributed by atoms with Crippen LogP contribution in [0, 0.1) is 5.41 Å². The fourth-order valence-electron chi connectivity index (χ4n) is 2.43. The van der Waals surface area contributed by atoms with E-state index in [0.29, 0.717) is 13.1 Å². The van der Waals surface area contributed by atoms with Crippen LogP contribution >= 0.6 is 0 Å². The van der Waals surface area contributed by atoms with Crippen molar-refractivity contribution in [3.63, 3.8) is 0 Å². The van der Waals surface area contributed by atoms with Crippen LogP contribution in [0.15, 0.2) is 0 Å². The molecule has 1 saturated heterocycles. The fraction of sp³-hybridized carbons (Fsp3) is 0.929. The lowest BCUT2D eigenvalue weighted by Gasteiger charge is -2.26. The number of hydrogen-bond donors (Lipinski definition) is 0. The molecule has 0 aromatic heterocycles. The smallest absolute Gasteiger partial charge is 0.240 e. The molecule has 0 bridgehead atoms. The van der Waals surface area contributed by atoms with Gasteiger partial charge in [-0.2, -0.15) is 0 Å². The summed E-state index contributed by atoms with van der Waals surface area (Å²) in [6.45, 7) is 8.59. The van der Waals surface area contributed by atoms with Crippen molar-refractivity contribution in [1.29, 1.82) is 0 Å². The Balaban J connectivity index is 2.75. The molecule has 5 heteroatoms. The zero-order valence-corrected chi connectivity index (χ0v) is 13.4. The monoisotopic (exact) mass is 289 g/mol. The van der Waals surface area contributed by atoms with Gasteiger partial charge in [-0.1, -0.05) is 33.6 Å². The van der Waals surface area contributed by atoms with Crippen LogP contribution < -0.4 is 0 Å². The van der Waals surface area contributed by atoms with Gasteiger partial charge in [0.05, 0.1) is 5.75 Å². The maximum absolute atomic E-state index is 12.3. The molecule has 4 nitrogen and oxygen atoms in total. The van der Waals surface area contributed by atoms with Crippen LogP contribution in [0.25, 0.3) is 0 Å². The molecule has 1 aliphatic rings. The van der Waals surface area contributed by atoms with Crippen LogP contribution in [0.1, 0.15) is 53.4 Å². The van der Waals surface area contributed by atoms with Crippen molar-refractivity contribution in [3.8, 4) is 0 Å². The molecule has 0 radical (unpaired) electrons. The van der Waals surface area contributed by atoms with Gasteiger partial charge in [0.15, 0.2) is 9.84 Å². The predicted octanol–water partition coefficient (Wildman–Crippen LogP) is 2.24. The van der Waals surface area contributed by atoms with Crippen molar-refractivity contribution in [2.45, 2.75) is 58.6 Å². The first-order chi connectivity index (χ1) is 8.63. The highest BCUT2D eigenvalue weighted by atomic mass is 32.2. The van der Waals surface area contributed by atoms with Gasteiger partial charge in [0.2, 0.25) is 5.91 Å². The molecule has 0 saturated carbocycles. The SMILES string of the molecule is CC(C(=O)N1CCCCCC1)S(=O)(=O)CC(C)(C)C. The van der Waals surface area contributed by atoms with Crippen molar-refractivity contribution in [2.75, 3.05) is 18.8 Å². The highest BCUT2D eigenvalue weighted by molar-refractivity contribution is 7.92. The van der Waals surface area contributed by atoms with E-state index in [1.165, 1.54) is 6.92 Å². The van der Waals surface area contributed by atoms with Gasteiger partial charge in [-0.3, -0.25) is 4.79 Å². The third-order valence-electron chi connectivity index (χ3n) is 3.44. The minimum absolute atomic E-state index is 0.0563. The molecule has 1 unspecified atom stereocenters. The summed E-state index contributed by atoms with van der Waals surface area (Å²) < 4.78 is 24.5. The van der Waals surface area contributed by atoms with E-state index in [2.05, 4.69) is 0 Å². The third-order valence-corrected chi connectivity index (χ3v) is 5.99. The second-order valence-electron chi connectivity index (χ2n) is 6.75. The first-order valence-corrected chi connectivity index (χ1v) is 8.85. The maximum atomic E-state index is 12.3. The highest BCUT2D eigenvalue weighted by Gasteiger charge is 2.34. The molecule has 1 rings (SSSR count). The molecule has 19 heavy (non-hydrogen) atoms. The fourth-order valence-corrected chi connectivity index (χ4v) is 4.34. The number of sulfone groups is 1. The Kier molecular flexibility index (Phi) is 5.42. The zero-order valence-electron chi connectivity index (χ0n) is 12.6. The number of amides is 1. The van der Waals surface area contributed by atoms with Crippen molar-refractivity contribution in [2.24, 2.45) is 5.41 Å². The molecule has 1 heterocycles. The van der Waals surface area contributed by atoms with Crippen LogP contribution in [-0.4, -0.2) is 43.3 Å². The van der Waals surface area contributed by atoms with Crippen molar-refractivity contribution < 1.29 is 13.2 Å². The van der Waals surface area contributed by atoms with E-state index >= 15 is 0 Å². The van der Waals surface area contributed by atoms with E-state index in [0.717, 1.165) is 25.7 Å². The van der Waals surface area contributed by atoms with Gasteiger partial charge < -0.3 is 4.90 Å². The average molecular weight is 289 g/mol. The Morgan fingerprint density at radius 3 is 2.00 bits per heavy atom. The summed E-state index contributed by atoms with van der Waals surface area (Å²) in [6, 6.07) is 0. The average Bonchev–Trinajstić information content (AvgIpc) is 2.52. The second kappa shape index (κ2) is 6.25. The molecule has 0 aliphatic carbocycles.